The van der Waals surface area contributed by atoms with E-state index < -0.39 is 11.9 Å². The highest BCUT2D eigenvalue weighted by atomic mass is 16.4. The molecule has 1 saturated heterocycles. The van der Waals surface area contributed by atoms with Crippen molar-refractivity contribution in [2.45, 2.75) is 77.6 Å². The number of fused-ring (bicyclic) bond motifs is 3. The summed E-state index contributed by atoms with van der Waals surface area (Å²) < 4.78 is 0. The molecule has 1 unspecified atom stereocenters. The first kappa shape index (κ1) is 20.4. The minimum absolute atomic E-state index is 0.0173. The second kappa shape index (κ2) is 7.14. The third-order valence-electron chi connectivity index (χ3n) is 8.28. The molecule has 0 spiro atoms. The lowest BCUT2D eigenvalue weighted by Gasteiger charge is -2.56. The lowest BCUT2D eigenvalue weighted by Crippen LogP contribution is -2.53. The molecule has 1 heterocycles. The quantitative estimate of drug-likeness (QED) is 0.797. The van der Waals surface area contributed by atoms with E-state index in [0.717, 1.165) is 19.3 Å². The first-order valence-corrected chi connectivity index (χ1v) is 11.3. The molecular formula is C25H35NO3. The highest BCUT2D eigenvalue weighted by Gasteiger charge is 2.53. The van der Waals surface area contributed by atoms with Gasteiger partial charge in [-0.3, -0.25) is 9.59 Å². The van der Waals surface area contributed by atoms with Crippen molar-refractivity contribution in [1.82, 2.24) is 4.90 Å². The molecule has 1 amide bonds. The van der Waals surface area contributed by atoms with Crippen LogP contribution in [0.5, 0.6) is 0 Å². The summed E-state index contributed by atoms with van der Waals surface area (Å²) in [6.07, 6.45) is 5.91. The lowest BCUT2D eigenvalue weighted by molar-refractivity contribution is -0.141. The smallest absolute Gasteiger partial charge is 0.308 e. The summed E-state index contributed by atoms with van der Waals surface area (Å²) in [6.45, 7) is 10.4. The lowest BCUT2D eigenvalue weighted by atomic mass is 9.49. The molecule has 1 aromatic carbocycles. The maximum atomic E-state index is 12.5. The van der Waals surface area contributed by atoms with Gasteiger partial charge in [0.25, 0.3) is 0 Å². The SMILES string of the molecule is CC(C)c1ccc2c(c1)CC[C@H]1[C@](C)(CN3CC(C(=O)O)CC3=O)CCC[C@]21C. The largest absolute Gasteiger partial charge is 0.481 e. The summed E-state index contributed by atoms with van der Waals surface area (Å²) in [5.74, 6) is -0.290. The zero-order valence-electron chi connectivity index (χ0n) is 18.3. The second-order valence-corrected chi connectivity index (χ2v) is 10.6. The van der Waals surface area contributed by atoms with E-state index in [9.17, 15) is 14.7 Å². The number of carboxylic acid groups (broad SMARTS) is 1. The molecule has 1 aromatic rings. The molecule has 2 aliphatic carbocycles. The van der Waals surface area contributed by atoms with E-state index in [1.807, 2.05) is 4.90 Å². The Hall–Kier alpha value is -1.84. The first-order chi connectivity index (χ1) is 13.6. The Bertz CT molecular complexity index is 831. The average Bonchev–Trinajstić information content (AvgIpc) is 3.01. The predicted octanol–water partition coefficient (Wildman–Crippen LogP) is 4.75. The number of nitrogens with zero attached hydrogens (tertiary/aromatic N) is 1. The average molecular weight is 398 g/mol. The zero-order chi connectivity index (χ0) is 21.0. The number of aliphatic carboxylic acids is 1. The Kier molecular flexibility index (Phi) is 5.03. The Morgan fingerprint density at radius 2 is 2.03 bits per heavy atom. The fourth-order valence-electron chi connectivity index (χ4n) is 6.72. The number of carboxylic acids is 1. The number of carbonyl (C=O) groups excluding carboxylic acids is 1. The second-order valence-electron chi connectivity index (χ2n) is 10.6. The van der Waals surface area contributed by atoms with Gasteiger partial charge in [-0.1, -0.05) is 52.3 Å². The van der Waals surface area contributed by atoms with Crippen LogP contribution in [0, 0.1) is 17.3 Å². The van der Waals surface area contributed by atoms with Crippen LogP contribution >= 0.6 is 0 Å². The van der Waals surface area contributed by atoms with Gasteiger partial charge >= 0.3 is 5.97 Å². The van der Waals surface area contributed by atoms with Gasteiger partial charge in [0.2, 0.25) is 5.91 Å². The molecule has 0 bridgehead atoms. The number of rotatable bonds is 4. The van der Waals surface area contributed by atoms with Crippen LogP contribution < -0.4 is 0 Å². The van der Waals surface area contributed by atoms with Crippen LogP contribution in [0.2, 0.25) is 0 Å². The van der Waals surface area contributed by atoms with Crippen molar-refractivity contribution in [3.63, 3.8) is 0 Å². The molecule has 0 aromatic heterocycles. The van der Waals surface area contributed by atoms with Crippen LogP contribution in [-0.2, 0) is 21.4 Å². The van der Waals surface area contributed by atoms with Crippen LogP contribution in [0.25, 0.3) is 0 Å². The van der Waals surface area contributed by atoms with Crippen LogP contribution in [0.4, 0.5) is 0 Å². The molecule has 29 heavy (non-hydrogen) atoms. The van der Waals surface area contributed by atoms with Crippen molar-refractivity contribution in [1.29, 1.82) is 0 Å². The van der Waals surface area contributed by atoms with Gasteiger partial charge in [0, 0.05) is 19.5 Å². The van der Waals surface area contributed by atoms with Crippen molar-refractivity contribution in [3.05, 3.63) is 34.9 Å². The zero-order valence-corrected chi connectivity index (χ0v) is 18.3. The monoisotopic (exact) mass is 397 g/mol. The molecular weight excluding hydrogens is 362 g/mol. The minimum Gasteiger partial charge on any atom is -0.481 e. The number of benzene rings is 1. The molecule has 158 valence electrons. The summed E-state index contributed by atoms with van der Waals surface area (Å²) in [5.41, 5.74) is 4.64. The standard InChI is InChI=1S/C25H35NO3/c1-16(2)17-6-8-20-18(12-17)7-9-21-24(3,10-5-11-25(20,21)4)15-26-14-19(23(28)29)13-22(26)27/h6,8,12,16,19,21H,5,7,9-11,13-15H2,1-4H3,(H,28,29)/t19?,21-,24-,25+/m0/s1. The van der Waals surface area contributed by atoms with Gasteiger partial charge in [-0.15, -0.1) is 0 Å². The highest BCUT2D eigenvalue weighted by Crippen LogP contribution is 2.57. The third-order valence-corrected chi connectivity index (χ3v) is 8.28. The summed E-state index contributed by atoms with van der Waals surface area (Å²) in [7, 11) is 0. The maximum absolute atomic E-state index is 12.5. The van der Waals surface area contributed by atoms with Gasteiger partial charge < -0.3 is 10.0 Å². The molecule has 1 aliphatic heterocycles. The highest BCUT2D eigenvalue weighted by molar-refractivity contribution is 5.86. The number of hydrogen-bond donors (Lipinski definition) is 1. The number of likely N-dealkylation sites (tertiary alicyclic amines) is 1. The van der Waals surface area contributed by atoms with Gasteiger partial charge in [-0.25, -0.2) is 0 Å². The van der Waals surface area contributed by atoms with E-state index in [1.165, 1.54) is 29.5 Å². The molecule has 4 heteroatoms. The summed E-state index contributed by atoms with van der Waals surface area (Å²) in [6, 6.07) is 7.11. The first-order valence-electron chi connectivity index (χ1n) is 11.3. The van der Waals surface area contributed by atoms with E-state index in [1.54, 1.807) is 0 Å². The molecule has 4 atom stereocenters. The van der Waals surface area contributed by atoms with E-state index in [0.29, 0.717) is 24.9 Å². The number of amides is 1. The number of hydrogen-bond acceptors (Lipinski definition) is 2. The normalized spacial score (nSPS) is 34.2. The van der Waals surface area contributed by atoms with Gasteiger partial charge in [0.15, 0.2) is 0 Å². The minimum atomic E-state index is -0.841. The van der Waals surface area contributed by atoms with Crippen molar-refractivity contribution < 1.29 is 14.7 Å². The molecule has 0 radical (unpaired) electrons. The number of aryl methyl sites for hydroxylation is 1. The van der Waals surface area contributed by atoms with Crippen molar-refractivity contribution in [3.8, 4) is 0 Å². The van der Waals surface area contributed by atoms with E-state index >= 15 is 0 Å². The molecule has 2 fully saturated rings. The summed E-state index contributed by atoms with van der Waals surface area (Å²) >= 11 is 0. The van der Waals surface area contributed by atoms with Gasteiger partial charge in [0.1, 0.15) is 0 Å². The van der Waals surface area contributed by atoms with Crippen molar-refractivity contribution >= 4 is 11.9 Å². The summed E-state index contributed by atoms with van der Waals surface area (Å²) in [4.78, 5) is 25.7. The Balaban J connectivity index is 1.62. The maximum Gasteiger partial charge on any atom is 0.308 e. The van der Waals surface area contributed by atoms with Gasteiger partial charge in [0.05, 0.1) is 5.92 Å². The Labute approximate surface area is 174 Å². The van der Waals surface area contributed by atoms with E-state index in [4.69, 9.17) is 0 Å². The predicted molar refractivity (Wildman–Crippen MR) is 114 cm³/mol. The molecule has 4 rings (SSSR count). The fourth-order valence-corrected chi connectivity index (χ4v) is 6.72. The van der Waals surface area contributed by atoms with Crippen LogP contribution in [0.1, 0.15) is 82.4 Å². The van der Waals surface area contributed by atoms with Crippen LogP contribution in [-0.4, -0.2) is 35.0 Å². The Morgan fingerprint density at radius 3 is 2.69 bits per heavy atom. The van der Waals surface area contributed by atoms with Crippen molar-refractivity contribution in [2.75, 3.05) is 13.1 Å². The fraction of sp³-hybridized carbons (Fsp3) is 0.680. The molecule has 1 N–H and O–H groups in total. The van der Waals surface area contributed by atoms with Crippen LogP contribution in [0.3, 0.4) is 0 Å². The van der Waals surface area contributed by atoms with Gasteiger partial charge in [-0.2, -0.15) is 0 Å². The van der Waals surface area contributed by atoms with E-state index in [2.05, 4.69) is 45.9 Å². The number of carbonyl (C=O) groups is 2. The third kappa shape index (κ3) is 3.39. The van der Waals surface area contributed by atoms with Gasteiger partial charge in [-0.05, 0) is 65.0 Å². The molecule has 3 aliphatic rings. The topological polar surface area (TPSA) is 57.6 Å². The van der Waals surface area contributed by atoms with Crippen LogP contribution in [0.15, 0.2) is 18.2 Å². The summed E-state index contributed by atoms with van der Waals surface area (Å²) in [5, 5.41) is 9.34. The van der Waals surface area contributed by atoms with Crippen molar-refractivity contribution in [2.24, 2.45) is 17.3 Å². The molecule has 4 nitrogen and oxygen atoms in total. The Morgan fingerprint density at radius 1 is 1.28 bits per heavy atom. The van der Waals surface area contributed by atoms with E-state index in [-0.39, 0.29) is 23.2 Å². The molecule has 1 saturated carbocycles.